The molecule has 2 aromatic rings. The van der Waals surface area contributed by atoms with E-state index in [-0.39, 0.29) is 6.10 Å². The Morgan fingerprint density at radius 2 is 2.50 bits per heavy atom. The summed E-state index contributed by atoms with van der Waals surface area (Å²) in [4.78, 5) is 6.87. The highest BCUT2D eigenvalue weighted by atomic mass is 32.1. The fourth-order valence-corrected chi connectivity index (χ4v) is 3.10. The highest BCUT2D eigenvalue weighted by Crippen LogP contribution is 2.25. The van der Waals surface area contributed by atoms with Gasteiger partial charge in [-0.15, -0.1) is 11.3 Å². The van der Waals surface area contributed by atoms with E-state index in [1.165, 1.54) is 0 Å². The molecule has 3 heterocycles. The number of rotatable bonds is 3. The van der Waals surface area contributed by atoms with Crippen molar-refractivity contribution in [3.05, 3.63) is 29.7 Å². The topological polar surface area (TPSA) is 49.5 Å². The third-order valence-electron chi connectivity index (χ3n) is 3.19. The van der Waals surface area contributed by atoms with Crippen molar-refractivity contribution < 1.29 is 9.52 Å². The van der Waals surface area contributed by atoms with Gasteiger partial charge in [0.05, 0.1) is 18.1 Å². The van der Waals surface area contributed by atoms with Crippen molar-refractivity contribution >= 4 is 11.3 Å². The zero-order chi connectivity index (χ0) is 12.4. The number of likely N-dealkylation sites (tertiary alicyclic amines) is 1. The van der Waals surface area contributed by atoms with Crippen molar-refractivity contribution in [2.24, 2.45) is 0 Å². The lowest BCUT2D eigenvalue weighted by Gasteiger charge is -2.29. The van der Waals surface area contributed by atoms with Gasteiger partial charge in [-0.25, -0.2) is 4.98 Å². The first kappa shape index (κ1) is 11.9. The molecule has 18 heavy (non-hydrogen) atoms. The number of furan rings is 1. The Hall–Kier alpha value is -1.17. The van der Waals surface area contributed by atoms with Gasteiger partial charge in [0.1, 0.15) is 11.3 Å². The molecule has 1 atom stereocenters. The predicted octanol–water partition coefficient (Wildman–Crippen LogP) is 2.36. The SMILES string of the molecule is OC1CCCN(Cc2csc(-c3ccoc3)n2)C1. The van der Waals surface area contributed by atoms with E-state index in [1.807, 2.05) is 6.07 Å². The first-order valence-corrected chi connectivity index (χ1v) is 7.06. The molecule has 0 radical (unpaired) electrons. The van der Waals surface area contributed by atoms with Crippen LogP contribution in [0.5, 0.6) is 0 Å². The van der Waals surface area contributed by atoms with Gasteiger partial charge in [0, 0.05) is 24.0 Å². The summed E-state index contributed by atoms with van der Waals surface area (Å²) in [7, 11) is 0. The molecule has 3 rings (SSSR count). The van der Waals surface area contributed by atoms with E-state index in [4.69, 9.17) is 4.42 Å². The molecule has 0 bridgehead atoms. The molecule has 2 aromatic heterocycles. The maximum atomic E-state index is 9.64. The van der Waals surface area contributed by atoms with Crippen LogP contribution >= 0.6 is 11.3 Å². The molecule has 0 aliphatic carbocycles. The Bertz CT molecular complexity index is 495. The second kappa shape index (κ2) is 5.22. The summed E-state index contributed by atoms with van der Waals surface area (Å²) in [6.07, 6.45) is 5.20. The van der Waals surface area contributed by atoms with Crippen LogP contribution < -0.4 is 0 Å². The van der Waals surface area contributed by atoms with Crippen LogP contribution in [0.4, 0.5) is 0 Å². The fourth-order valence-electron chi connectivity index (χ4n) is 2.30. The van der Waals surface area contributed by atoms with Crippen molar-refractivity contribution in [1.29, 1.82) is 0 Å². The molecule has 0 amide bonds. The molecule has 1 saturated heterocycles. The minimum atomic E-state index is -0.175. The Morgan fingerprint density at radius 1 is 1.56 bits per heavy atom. The quantitative estimate of drug-likeness (QED) is 0.924. The summed E-state index contributed by atoms with van der Waals surface area (Å²) in [6, 6.07) is 1.92. The Balaban J connectivity index is 1.66. The lowest BCUT2D eigenvalue weighted by Crippen LogP contribution is -2.37. The number of β-amino-alcohol motifs (C(OH)–C–C–N with tert-alkyl or cyclic N) is 1. The van der Waals surface area contributed by atoms with Gasteiger partial charge in [0.25, 0.3) is 0 Å². The first-order valence-electron chi connectivity index (χ1n) is 6.18. The lowest BCUT2D eigenvalue weighted by atomic mass is 10.1. The van der Waals surface area contributed by atoms with Gasteiger partial charge in [0.15, 0.2) is 0 Å². The predicted molar refractivity (Wildman–Crippen MR) is 70.3 cm³/mol. The maximum Gasteiger partial charge on any atom is 0.126 e. The van der Waals surface area contributed by atoms with Gasteiger partial charge in [-0.05, 0) is 25.5 Å². The molecule has 1 fully saturated rings. The maximum absolute atomic E-state index is 9.64. The van der Waals surface area contributed by atoms with E-state index in [0.29, 0.717) is 0 Å². The summed E-state index contributed by atoms with van der Waals surface area (Å²) in [6.45, 7) is 2.64. The molecule has 0 saturated carbocycles. The van der Waals surface area contributed by atoms with Crippen molar-refractivity contribution in [1.82, 2.24) is 9.88 Å². The summed E-state index contributed by atoms with van der Waals surface area (Å²) in [5.74, 6) is 0. The summed E-state index contributed by atoms with van der Waals surface area (Å²) in [5, 5.41) is 12.7. The van der Waals surface area contributed by atoms with Crippen LogP contribution in [0.15, 0.2) is 28.4 Å². The number of aliphatic hydroxyl groups excluding tert-OH is 1. The van der Waals surface area contributed by atoms with E-state index in [2.05, 4.69) is 15.3 Å². The molecular weight excluding hydrogens is 248 g/mol. The zero-order valence-electron chi connectivity index (χ0n) is 10.1. The molecule has 0 aromatic carbocycles. The van der Waals surface area contributed by atoms with Crippen molar-refractivity contribution in [3.63, 3.8) is 0 Å². The third kappa shape index (κ3) is 2.63. The minimum Gasteiger partial charge on any atom is -0.472 e. The van der Waals surface area contributed by atoms with Gasteiger partial charge in [-0.1, -0.05) is 0 Å². The largest absolute Gasteiger partial charge is 0.472 e. The van der Waals surface area contributed by atoms with E-state index < -0.39 is 0 Å². The molecule has 4 nitrogen and oxygen atoms in total. The third-order valence-corrected chi connectivity index (χ3v) is 4.13. The Morgan fingerprint density at radius 3 is 3.28 bits per heavy atom. The van der Waals surface area contributed by atoms with E-state index in [9.17, 15) is 5.11 Å². The van der Waals surface area contributed by atoms with Crippen LogP contribution in [-0.4, -0.2) is 34.2 Å². The number of aromatic nitrogens is 1. The highest BCUT2D eigenvalue weighted by molar-refractivity contribution is 7.13. The average molecular weight is 264 g/mol. The molecule has 1 N–H and O–H groups in total. The Labute approximate surface area is 110 Å². The molecule has 96 valence electrons. The minimum absolute atomic E-state index is 0.175. The monoisotopic (exact) mass is 264 g/mol. The molecule has 1 aliphatic heterocycles. The Kier molecular flexibility index (Phi) is 3.45. The smallest absolute Gasteiger partial charge is 0.126 e. The van der Waals surface area contributed by atoms with Crippen LogP contribution in [0.1, 0.15) is 18.5 Å². The van der Waals surface area contributed by atoms with Gasteiger partial charge < -0.3 is 9.52 Å². The summed E-state index contributed by atoms with van der Waals surface area (Å²) < 4.78 is 5.07. The lowest BCUT2D eigenvalue weighted by molar-refractivity contribution is 0.0663. The summed E-state index contributed by atoms with van der Waals surface area (Å²) >= 11 is 1.64. The van der Waals surface area contributed by atoms with Crippen LogP contribution in [0.25, 0.3) is 10.6 Å². The van der Waals surface area contributed by atoms with Crippen LogP contribution in [-0.2, 0) is 6.54 Å². The first-order chi connectivity index (χ1) is 8.81. The molecular formula is C13H16N2O2S. The molecule has 1 unspecified atom stereocenters. The van der Waals surface area contributed by atoms with Gasteiger partial charge in [0.2, 0.25) is 0 Å². The molecule has 0 spiro atoms. The van der Waals surface area contributed by atoms with Crippen molar-refractivity contribution in [2.75, 3.05) is 13.1 Å². The second-order valence-electron chi connectivity index (χ2n) is 4.69. The number of nitrogens with zero attached hydrogens (tertiary/aromatic N) is 2. The van der Waals surface area contributed by atoms with E-state index in [1.54, 1.807) is 23.9 Å². The van der Waals surface area contributed by atoms with Crippen LogP contribution in [0, 0.1) is 0 Å². The number of piperidine rings is 1. The summed E-state index contributed by atoms with van der Waals surface area (Å²) in [5.41, 5.74) is 2.11. The molecule has 1 aliphatic rings. The van der Waals surface area contributed by atoms with E-state index in [0.717, 1.165) is 48.7 Å². The van der Waals surface area contributed by atoms with Crippen LogP contribution in [0.3, 0.4) is 0 Å². The van der Waals surface area contributed by atoms with Crippen LogP contribution in [0.2, 0.25) is 0 Å². The van der Waals surface area contributed by atoms with Crippen molar-refractivity contribution in [2.45, 2.75) is 25.5 Å². The number of hydrogen-bond donors (Lipinski definition) is 1. The van der Waals surface area contributed by atoms with Gasteiger partial charge in [-0.2, -0.15) is 0 Å². The van der Waals surface area contributed by atoms with E-state index >= 15 is 0 Å². The zero-order valence-corrected chi connectivity index (χ0v) is 10.9. The molecule has 5 heteroatoms. The number of aliphatic hydroxyl groups is 1. The van der Waals surface area contributed by atoms with Crippen molar-refractivity contribution in [3.8, 4) is 10.6 Å². The number of hydrogen-bond acceptors (Lipinski definition) is 5. The number of thiazole rings is 1. The highest BCUT2D eigenvalue weighted by Gasteiger charge is 2.18. The fraction of sp³-hybridized carbons (Fsp3) is 0.462. The van der Waals surface area contributed by atoms with Gasteiger partial charge in [-0.3, -0.25) is 4.90 Å². The standard InChI is InChI=1S/C13H16N2O2S/c16-12-2-1-4-15(7-12)6-11-9-18-13(14-11)10-3-5-17-8-10/h3,5,8-9,12,16H,1-2,4,6-7H2. The normalized spacial score (nSPS) is 21.3. The second-order valence-corrected chi connectivity index (χ2v) is 5.55. The average Bonchev–Trinajstić information content (AvgIpc) is 2.98. The van der Waals surface area contributed by atoms with Gasteiger partial charge >= 0.3 is 0 Å².